The van der Waals surface area contributed by atoms with Gasteiger partial charge in [-0.3, -0.25) is 0 Å². The van der Waals surface area contributed by atoms with Crippen LogP contribution in [-0.2, 0) is 10.0 Å². The van der Waals surface area contributed by atoms with Gasteiger partial charge in [0, 0.05) is 6.54 Å². The third-order valence-electron chi connectivity index (χ3n) is 3.02. The lowest BCUT2D eigenvalue weighted by atomic mass is 9.94. The molecule has 2 rings (SSSR count). The van der Waals surface area contributed by atoms with Gasteiger partial charge in [0.15, 0.2) is 0 Å². The maximum atomic E-state index is 10.9. The SMILES string of the molecule is CS(=O)(=O)NC[C@@H]1C[C@H]2C=C[C@H]1C2. The van der Waals surface area contributed by atoms with E-state index in [9.17, 15) is 8.42 Å². The average Bonchev–Trinajstić information content (AvgIpc) is 2.58. The molecule has 3 nitrogen and oxygen atoms in total. The molecule has 13 heavy (non-hydrogen) atoms. The number of nitrogens with one attached hydrogen (secondary N) is 1. The summed E-state index contributed by atoms with van der Waals surface area (Å²) in [5.41, 5.74) is 0. The van der Waals surface area contributed by atoms with Gasteiger partial charge < -0.3 is 0 Å². The Morgan fingerprint density at radius 1 is 1.38 bits per heavy atom. The van der Waals surface area contributed by atoms with Crippen LogP contribution >= 0.6 is 0 Å². The first-order valence-corrected chi connectivity index (χ1v) is 6.57. The Balaban J connectivity index is 1.88. The summed E-state index contributed by atoms with van der Waals surface area (Å²) in [6.07, 6.45) is 8.11. The van der Waals surface area contributed by atoms with Crippen LogP contribution in [0.2, 0.25) is 0 Å². The van der Waals surface area contributed by atoms with E-state index in [1.807, 2.05) is 0 Å². The zero-order chi connectivity index (χ0) is 9.47. The average molecular weight is 201 g/mol. The second-order valence-electron chi connectivity index (χ2n) is 4.16. The largest absolute Gasteiger partial charge is 0.215 e. The van der Waals surface area contributed by atoms with Crippen molar-refractivity contribution in [3.63, 3.8) is 0 Å². The minimum absolute atomic E-state index is 0.532. The van der Waals surface area contributed by atoms with Crippen molar-refractivity contribution in [2.24, 2.45) is 17.8 Å². The van der Waals surface area contributed by atoms with Crippen molar-refractivity contribution < 1.29 is 8.42 Å². The molecule has 0 aromatic heterocycles. The third-order valence-corrected chi connectivity index (χ3v) is 3.72. The zero-order valence-corrected chi connectivity index (χ0v) is 8.55. The Hall–Kier alpha value is -0.350. The van der Waals surface area contributed by atoms with E-state index >= 15 is 0 Å². The molecule has 3 atom stereocenters. The smallest absolute Gasteiger partial charge is 0.208 e. The van der Waals surface area contributed by atoms with Crippen LogP contribution in [0.4, 0.5) is 0 Å². The molecule has 4 heteroatoms. The summed E-state index contributed by atoms with van der Waals surface area (Å²) in [4.78, 5) is 0. The van der Waals surface area contributed by atoms with Gasteiger partial charge in [-0.15, -0.1) is 0 Å². The monoisotopic (exact) mass is 201 g/mol. The number of allylic oxidation sites excluding steroid dienone is 2. The third kappa shape index (κ3) is 2.11. The summed E-state index contributed by atoms with van der Waals surface area (Å²) in [5, 5.41) is 0. The lowest BCUT2D eigenvalue weighted by Gasteiger charge is -2.17. The minimum Gasteiger partial charge on any atom is -0.215 e. The molecule has 0 spiro atoms. The van der Waals surface area contributed by atoms with E-state index in [2.05, 4.69) is 16.9 Å². The molecule has 1 N–H and O–H groups in total. The molecule has 0 saturated heterocycles. The highest BCUT2D eigenvalue weighted by Crippen LogP contribution is 2.42. The van der Waals surface area contributed by atoms with Gasteiger partial charge >= 0.3 is 0 Å². The second-order valence-corrected chi connectivity index (χ2v) is 5.99. The van der Waals surface area contributed by atoms with Gasteiger partial charge in [0.25, 0.3) is 0 Å². The van der Waals surface area contributed by atoms with Gasteiger partial charge in [0.05, 0.1) is 6.26 Å². The van der Waals surface area contributed by atoms with Crippen molar-refractivity contribution in [2.45, 2.75) is 12.8 Å². The summed E-state index contributed by atoms with van der Waals surface area (Å²) in [6, 6.07) is 0. The fraction of sp³-hybridized carbons (Fsp3) is 0.778. The molecule has 0 heterocycles. The summed E-state index contributed by atoms with van der Waals surface area (Å²) in [7, 11) is -3.00. The molecule has 0 unspecified atom stereocenters. The highest BCUT2D eigenvalue weighted by atomic mass is 32.2. The highest BCUT2D eigenvalue weighted by molar-refractivity contribution is 7.88. The van der Waals surface area contributed by atoms with Crippen LogP contribution in [0.5, 0.6) is 0 Å². The van der Waals surface area contributed by atoms with Crippen LogP contribution in [0, 0.1) is 17.8 Å². The Morgan fingerprint density at radius 2 is 2.15 bits per heavy atom. The lowest BCUT2D eigenvalue weighted by molar-refractivity contribution is 0.441. The summed E-state index contributed by atoms with van der Waals surface area (Å²) in [5.74, 6) is 1.88. The van der Waals surface area contributed by atoms with Crippen molar-refractivity contribution in [3.05, 3.63) is 12.2 Å². The molecule has 1 fully saturated rings. The first-order chi connectivity index (χ1) is 6.04. The van der Waals surface area contributed by atoms with Gasteiger partial charge in [-0.05, 0) is 30.6 Å². The van der Waals surface area contributed by atoms with Crippen LogP contribution < -0.4 is 4.72 Å². The van der Waals surface area contributed by atoms with Gasteiger partial charge in [0.1, 0.15) is 0 Å². The van der Waals surface area contributed by atoms with E-state index in [1.165, 1.54) is 12.7 Å². The maximum absolute atomic E-state index is 10.9. The molecule has 0 radical (unpaired) electrons. The van der Waals surface area contributed by atoms with Gasteiger partial charge in [0.2, 0.25) is 10.0 Å². The molecule has 0 aliphatic heterocycles. The van der Waals surface area contributed by atoms with Crippen LogP contribution in [0.1, 0.15) is 12.8 Å². The first-order valence-electron chi connectivity index (χ1n) is 4.67. The molecule has 2 aliphatic rings. The Bertz CT molecular complexity index is 321. The summed E-state index contributed by atoms with van der Waals surface area (Å²) < 4.78 is 24.3. The number of rotatable bonds is 3. The highest BCUT2D eigenvalue weighted by Gasteiger charge is 2.35. The van der Waals surface area contributed by atoms with Crippen molar-refractivity contribution in [1.29, 1.82) is 0 Å². The zero-order valence-electron chi connectivity index (χ0n) is 7.73. The van der Waals surface area contributed by atoms with Crippen molar-refractivity contribution in [1.82, 2.24) is 4.72 Å². The molecule has 0 amide bonds. The summed E-state index contributed by atoms with van der Waals surface area (Å²) in [6.45, 7) is 0.615. The molecule has 0 aromatic carbocycles. The number of fused-ring (bicyclic) bond motifs is 2. The van der Waals surface area contributed by atoms with Crippen LogP contribution in [0.3, 0.4) is 0 Å². The van der Waals surface area contributed by atoms with Gasteiger partial charge in [-0.25, -0.2) is 13.1 Å². The van der Waals surface area contributed by atoms with Crippen molar-refractivity contribution >= 4 is 10.0 Å². The van der Waals surface area contributed by atoms with Gasteiger partial charge in [-0.1, -0.05) is 12.2 Å². The molecule has 1 saturated carbocycles. The minimum atomic E-state index is -3.00. The first kappa shape index (κ1) is 9.21. The van der Waals surface area contributed by atoms with E-state index in [-0.39, 0.29) is 0 Å². The van der Waals surface area contributed by atoms with E-state index in [0.29, 0.717) is 18.4 Å². The molecular formula is C9H15NO2S. The van der Waals surface area contributed by atoms with Crippen LogP contribution in [0.15, 0.2) is 12.2 Å². The topological polar surface area (TPSA) is 46.2 Å². The predicted molar refractivity (Wildman–Crippen MR) is 51.7 cm³/mol. The molecule has 2 aliphatic carbocycles. The number of hydrogen-bond donors (Lipinski definition) is 1. The van der Waals surface area contributed by atoms with Gasteiger partial charge in [-0.2, -0.15) is 0 Å². The van der Waals surface area contributed by atoms with E-state index in [0.717, 1.165) is 12.3 Å². The predicted octanol–water partition coefficient (Wildman–Crippen LogP) is 0.748. The van der Waals surface area contributed by atoms with E-state index in [1.54, 1.807) is 0 Å². The molecular weight excluding hydrogens is 186 g/mol. The number of hydrogen-bond acceptors (Lipinski definition) is 2. The van der Waals surface area contributed by atoms with Crippen molar-refractivity contribution in [3.8, 4) is 0 Å². The molecule has 74 valence electrons. The Kier molecular flexibility index (Phi) is 2.20. The second kappa shape index (κ2) is 3.10. The van der Waals surface area contributed by atoms with Crippen LogP contribution in [0.25, 0.3) is 0 Å². The van der Waals surface area contributed by atoms with Crippen molar-refractivity contribution in [2.75, 3.05) is 12.8 Å². The normalized spacial score (nSPS) is 37.2. The number of sulfonamides is 1. The summed E-state index contributed by atoms with van der Waals surface area (Å²) >= 11 is 0. The fourth-order valence-electron chi connectivity index (χ4n) is 2.39. The quantitative estimate of drug-likeness (QED) is 0.685. The Labute approximate surface area is 79.3 Å². The van der Waals surface area contributed by atoms with Crippen LogP contribution in [-0.4, -0.2) is 21.2 Å². The fourth-order valence-corrected chi connectivity index (χ4v) is 2.90. The van der Waals surface area contributed by atoms with E-state index < -0.39 is 10.0 Å². The standard InChI is InChI=1S/C9H15NO2S/c1-13(11,12)10-6-9-5-7-2-3-8(9)4-7/h2-3,7-10H,4-6H2,1H3/t7-,8-,9-/m0/s1. The molecule has 0 aromatic rings. The maximum Gasteiger partial charge on any atom is 0.208 e. The molecule has 2 bridgehead atoms. The Morgan fingerprint density at radius 3 is 2.62 bits per heavy atom. The lowest BCUT2D eigenvalue weighted by Crippen LogP contribution is -2.29. The van der Waals surface area contributed by atoms with E-state index in [4.69, 9.17) is 0 Å².